The van der Waals surface area contributed by atoms with Crippen LogP contribution in [0, 0.1) is 0 Å². The molecule has 1 heterocycles. The van der Waals surface area contributed by atoms with Gasteiger partial charge in [0.05, 0.1) is 6.61 Å². The molecule has 0 spiro atoms. The van der Waals surface area contributed by atoms with E-state index in [2.05, 4.69) is 52.2 Å². The molecule has 0 aromatic heterocycles. The predicted octanol–water partition coefficient (Wildman–Crippen LogP) is 2.38. The molecule has 0 saturated heterocycles. The summed E-state index contributed by atoms with van der Waals surface area (Å²) in [5.74, 6) is 0.570. The summed E-state index contributed by atoms with van der Waals surface area (Å²) in [6, 6.07) is 8.44. The highest BCUT2D eigenvalue weighted by molar-refractivity contribution is 14.1. The number of alkyl halides is 1. The van der Waals surface area contributed by atoms with Crippen LogP contribution in [0.15, 0.2) is 24.3 Å². The Morgan fingerprint density at radius 2 is 2.29 bits per heavy atom. The van der Waals surface area contributed by atoms with Gasteiger partial charge in [-0.3, -0.25) is 0 Å². The second-order valence-electron chi connectivity index (χ2n) is 3.68. The number of aliphatic hydroxyl groups excluding tert-OH is 1. The van der Waals surface area contributed by atoms with Crippen molar-refractivity contribution in [2.75, 3.05) is 18.5 Å². The number of hydrogen-bond acceptors (Lipinski definition) is 2. The fourth-order valence-electron chi connectivity index (χ4n) is 1.95. The lowest BCUT2D eigenvalue weighted by atomic mass is 9.96. The smallest absolute Gasteiger partial charge is 0.0549 e. The third-order valence-electron chi connectivity index (χ3n) is 2.68. The van der Waals surface area contributed by atoms with Crippen molar-refractivity contribution < 1.29 is 5.11 Å². The number of nitrogens with one attached hydrogen (secondary N) is 1. The third kappa shape index (κ3) is 2.03. The van der Waals surface area contributed by atoms with Crippen molar-refractivity contribution in [2.24, 2.45) is 0 Å². The molecule has 3 heteroatoms. The van der Waals surface area contributed by atoms with Crippen LogP contribution in [0.3, 0.4) is 0 Å². The van der Waals surface area contributed by atoms with Crippen molar-refractivity contribution >= 4 is 28.3 Å². The van der Waals surface area contributed by atoms with Crippen molar-refractivity contribution in [3.05, 3.63) is 29.8 Å². The topological polar surface area (TPSA) is 32.3 Å². The standard InChI is InChI=1S/C11H14INO/c12-9(7-14)5-8-6-13-11-4-2-1-3-10(8)11/h1-4,8-9,13-14H,5-7H2. The molecule has 2 N–H and O–H groups in total. The molecule has 0 bridgehead atoms. The fraction of sp³-hybridized carbons (Fsp3) is 0.455. The number of fused-ring (bicyclic) bond motifs is 1. The van der Waals surface area contributed by atoms with Gasteiger partial charge in [0.25, 0.3) is 0 Å². The Morgan fingerprint density at radius 1 is 1.50 bits per heavy atom. The molecule has 1 aliphatic rings. The van der Waals surface area contributed by atoms with Crippen LogP contribution in [-0.4, -0.2) is 22.2 Å². The first kappa shape index (κ1) is 10.2. The van der Waals surface area contributed by atoms with Crippen LogP contribution in [0.4, 0.5) is 5.69 Å². The second-order valence-corrected chi connectivity index (χ2v) is 5.44. The molecule has 1 aromatic rings. The van der Waals surface area contributed by atoms with E-state index in [0.29, 0.717) is 9.84 Å². The first-order chi connectivity index (χ1) is 6.81. The van der Waals surface area contributed by atoms with Crippen LogP contribution in [0.2, 0.25) is 0 Å². The quantitative estimate of drug-likeness (QED) is 0.664. The van der Waals surface area contributed by atoms with Crippen molar-refractivity contribution in [1.29, 1.82) is 0 Å². The van der Waals surface area contributed by atoms with Gasteiger partial charge in [-0.25, -0.2) is 0 Å². The molecule has 2 rings (SSSR count). The molecule has 0 fully saturated rings. The molecule has 0 amide bonds. The van der Waals surface area contributed by atoms with E-state index in [1.807, 2.05) is 0 Å². The number of benzene rings is 1. The molecule has 76 valence electrons. The number of para-hydroxylation sites is 1. The van der Waals surface area contributed by atoms with Gasteiger partial charge in [0.1, 0.15) is 0 Å². The Labute approximate surface area is 97.9 Å². The zero-order chi connectivity index (χ0) is 9.97. The number of halogens is 1. The average molecular weight is 303 g/mol. The van der Waals surface area contributed by atoms with E-state index >= 15 is 0 Å². The van der Waals surface area contributed by atoms with Crippen LogP contribution in [-0.2, 0) is 0 Å². The maximum atomic E-state index is 9.02. The summed E-state index contributed by atoms with van der Waals surface area (Å²) < 4.78 is 0.366. The molecule has 2 atom stereocenters. The van der Waals surface area contributed by atoms with Gasteiger partial charge in [0.2, 0.25) is 0 Å². The number of rotatable bonds is 3. The van der Waals surface area contributed by atoms with E-state index in [-0.39, 0.29) is 6.61 Å². The molecule has 1 aromatic carbocycles. The Bertz CT molecular complexity index is 316. The molecule has 2 unspecified atom stereocenters. The molecular weight excluding hydrogens is 289 g/mol. The van der Waals surface area contributed by atoms with Crippen LogP contribution >= 0.6 is 22.6 Å². The Hall–Kier alpha value is -0.290. The SMILES string of the molecule is OCC(I)CC1CNc2ccccc21. The second kappa shape index (κ2) is 4.49. The van der Waals surface area contributed by atoms with Gasteiger partial charge < -0.3 is 10.4 Å². The molecule has 0 radical (unpaired) electrons. The van der Waals surface area contributed by atoms with E-state index in [9.17, 15) is 0 Å². The lowest BCUT2D eigenvalue weighted by molar-refractivity contribution is 0.292. The minimum atomic E-state index is 0.277. The predicted molar refractivity (Wildman–Crippen MR) is 67.2 cm³/mol. The first-order valence-electron chi connectivity index (χ1n) is 4.89. The fourth-order valence-corrected chi connectivity index (χ4v) is 2.56. The van der Waals surface area contributed by atoms with Gasteiger partial charge in [-0.1, -0.05) is 40.8 Å². The third-order valence-corrected chi connectivity index (χ3v) is 3.58. The summed E-state index contributed by atoms with van der Waals surface area (Å²) in [4.78, 5) is 0. The summed E-state index contributed by atoms with van der Waals surface area (Å²) in [5, 5.41) is 12.4. The zero-order valence-electron chi connectivity index (χ0n) is 7.91. The largest absolute Gasteiger partial charge is 0.395 e. The van der Waals surface area contributed by atoms with Crippen LogP contribution in [0.1, 0.15) is 17.9 Å². The Balaban J connectivity index is 2.10. The minimum Gasteiger partial charge on any atom is -0.395 e. The van der Waals surface area contributed by atoms with Gasteiger partial charge in [-0.15, -0.1) is 0 Å². The summed E-state index contributed by atoms with van der Waals surface area (Å²) in [5.41, 5.74) is 2.67. The molecule has 0 saturated carbocycles. The highest BCUT2D eigenvalue weighted by atomic mass is 127. The van der Waals surface area contributed by atoms with Gasteiger partial charge >= 0.3 is 0 Å². The van der Waals surface area contributed by atoms with E-state index in [1.165, 1.54) is 11.3 Å². The summed E-state index contributed by atoms with van der Waals surface area (Å²) in [6.45, 7) is 1.29. The maximum Gasteiger partial charge on any atom is 0.0549 e. The van der Waals surface area contributed by atoms with Crippen LogP contribution < -0.4 is 5.32 Å². The lowest BCUT2D eigenvalue weighted by Gasteiger charge is -2.12. The molecule has 0 aliphatic carbocycles. The number of anilines is 1. The molecule has 1 aliphatic heterocycles. The maximum absolute atomic E-state index is 9.02. The number of hydrogen-bond donors (Lipinski definition) is 2. The first-order valence-corrected chi connectivity index (χ1v) is 6.13. The zero-order valence-corrected chi connectivity index (χ0v) is 10.1. The molecular formula is C11H14INO. The van der Waals surface area contributed by atoms with E-state index in [1.54, 1.807) is 0 Å². The molecule has 2 nitrogen and oxygen atoms in total. The van der Waals surface area contributed by atoms with Gasteiger partial charge in [0, 0.05) is 22.1 Å². The van der Waals surface area contributed by atoms with Gasteiger partial charge in [-0.2, -0.15) is 0 Å². The van der Waals surface area contributed by atoms with Crippen molar-refractivity contribution in [3.8, 4) is 0 Å². The van der Waals surface area contributed by atoms with Crippen LogP contribution in [0.5, 0.6) is 0 Å². The van der Waals surface area contributed by atoms with E-state index in [0.717, 1.165) is 13.0 Å². The summed E-state index contributed by atoms with van der Waals surface area (Å²) >= 11 is 2.32. The van der Waals surface area contributed by atoms with Crippen molar-refractivity contribution in [1.82, 2.24) is 0 Å². The van der Waals surface area contributed by atoms with Crippen LogP contribution in [0.25, 0.3) is 0 Å². The van der Waals surface area contributed by atoms with E-state index in [4.69, 9.17) is 5.11 Å². The summed E-state index contributed by atoms with van der Waals surface area (Å²) in [6.07, 6.45) is 1.06. The van der Waals surface area contributed by atoms with Gasteiger partial charge in [0.15, 0.2) is 0 Å². The minimum absolute atomic E-state index is 0.277. The van der Waals surface area contributed by atoms with Gasteiger partial charge in [-0.05, 0) is 18.1 Å². The van der Waals surface area contributed by atoms with Crippen molar-refractivity contribution in [3.63, 3.8) is 0 Å². The Kier molecular flexibility index (Phi) is 3.28. The van der Waals surface area contributed by atoms with Crippen molar-refractivity contribution in [2.45, 2.75) is 16.3 Å². The highest BCUT2D eigenvalue weighted by Gasteiger charge is 2.23. The number of aliphatic hydroxyl groups is 1. The summed E-state index contributed by atoms with van der Waals surface area (Å²) in [7, 11) is 0. The normalized spacial score (nSPS) is 21.4. The average Bonchev–Trinajstić information content (AvgIpc) is 2.62. The molecule has 14 heavy (non-hydrogen) atoms. The highest BCUT2D eigenvalue weighted by Crippen LogP contribution is 2.34. The Morgan fingerprint density at radius 3 is 3.07 bits per heavy atom. The monoisotopic (exact) mass is 303 g/mol. The lowest BCUT2D eigenvalue weighted by Crippen LogP contribution is -2.11. The van der Waals surface area contributed by atoms with E-state index < -0.39 is 0 Å².